The van der Waals surface area contributed by atoms with Crippen molar-refractivity contribution in [2.45, 2.75) is 18.8 Å². The maximum absolute atomic E-state index is 12.6. The van der Waals surface area contributed by atoms with E-state index >= 15 is 0 Å². The van der Waals surface area contributed by atoms with Crippen molar-refractivity contribution in [3.63, 3.8) is 0 Å². The Morgan fingerprint density at radius 2 is 2.24 bits per heavy atom. The molecule has 7 nitrogen and oxygen atoms in total. The molecule has 1 aliphatic rings. The third-order valence-electron chi connectivity index (χ3n) is 3.61. The van der Waals surface area contributed by atoms with E-state index in [-0.39, 0.29) is 24.7 Å². The number of halogens is 3. The molecule has 1 fully saturated rings. The highest BCUT2D eigenvalue weighted by Crippen LogP contribution is 2.25. The molecule has 0 bridgehead atoms. The van der Waals surface area contributed by atoms with Crippen LogP contribution in [0.15, 0.2) is 35.2 Å². The molecule has 3 rings (SSSR count). The lowest BCUT2D eigenvalue weighted by Gasteiger charge is -2.33. The summed E-state index contributed by atoms with van der Waals surface area (Å²) in [4.78, 5) is 18.1. The van der Waals surface area contributed by atoms with Gasteiger partial charge < -0.3 is 18.9 Å². The lowest BCUT2D eigenvalue weighted by Crippen LogP contribution is -2.44. The van der Waals surface area contributed by atoms with E-state index in [2.05, 4.69) is 14.9 Å². The van der Waals surface area contributed by atoms with Gasteiger partial charge in [-0.3, -0.25) is 4.79 Å². The fourth-order valence-electron chi connectivity index (χ4n) is 2.57. The predicted molar refractivity (Wildman–Crippen MR) is 76.4 cm³/mol. The minimum absolute atomic E-state index is 0.0800. The van der Waals surface area contributed by atoms with Crippen LogP contribution in [0.3, 0.4) is 0 Å². The molecule has 0 N–H and O–H groups in total. The zero-order chi connectivity index (χ0) is 17.9. The third kappa shape index (κ3) is 4.47. The van der Waals surface area contributed by atoms with Crippen LogP contribution >= 0.6 is 0 Å². The number of morpholine rings is 1. The number of ether oxygens (including phenoxy) is 2. The van der Waals surface area contributed by atoms with Gasteiger partial charge in [-0.2, -0.15) is 4.98 Å². The Hall–Kier alpha value is -2.62. The number of carbonyl (C=O) groups excluding carboxylic acids is 1. The van der Waals surface area contributed by atoms with Gasteiger partial charge in [-0.25, -0.2) is 0 Å². The molecule has 1 aliphatic heterocycles. The molecule has 1 aromatic heterocycles. The molecule has 0 radical (unpaired) electrons. The average Bonchev–Trinajstić information content (AvgIpc) is 3.08. The molecule has 0 saturated carbocycles. The summed E-state index contributed by atoms with van der Waals surface area (Å²) in [5, 5.41) is 3.73. The van der Waals surface area contributed by atoms with E-state index < -0.39 is 12.4 Å². The Kier molecular flexibility index (Phi) is 4.88. The third-order valence-corrected chi connectivity index (χ3v) is 3.61. The van der Waals surface area contributed by atoms with Crippen LogP contribution in [0, 0.1) is 0 Å². The number of alkyl halides is 3. The number of hydrogen-bond acceptors (Lipinski definition) is 6. The van der Waals surface area contributed by atoms with Gasteiger partial charge >= 0.3 is 6.36 Å². The van der Waals surface area contributed by atoms with Crippen molar-refractivity contribution >= 4 is 5.91 Å². The number of amides is 1. The molecule has 1 unspecified atom stereocenters. The molecule has 0 spiro atoms. The molecular formula is C15H14F3N3O4. The number of carbonyl (C=O) groups is 1. The molecule has 1 atom stereocenters. The lowest BCUT2D eigenvalue weighted by atomic mass is 10.1. The van der Waals surface area contributed by atoms with E-state index in [1.165, 1.54) is 23.1 Å². The molecule has 1 aromatic carbocycles. The fourth-order valence-corrected chi connectivity index (χ4v) is 2.57. The predicted octanol–water partition coefficient (Wildman–Crippen LogP) is 2.11. The van der Waals surface area contributed by atoms with Crippen LogP contribution in [0.25, 0.3) is 0 Å². The van der Waals surface area contributed by atoms with Gasteiger partial charge in [0.05, 0.1) is 19.6 Å². The van der Waals surface area contributed by atoms with Crippen molar-refractivity contribution in [2.75, 3.05) is 19.8 Å². The standard InChI is InChI=1S/C15H14F3N3O4/c16-15(17,18)25-11-3-1-2-10(6-11)7-13(22)21-4-5-23-8-12(21)14-19-9-24-20-14/h1-3,6,9,12H,4-5,7-8H2. The van der Waals surface area contributed by atoms with E-state index in [0.717, 1.165) is 6.39 Å². The highest BCUT2D eigenvalue weighted by Gasteiger charge is 2.32. The Morgan fingerprint density at radius 1 is 1.40 bits per heavy atom. The molecule has 134 valence electrons. The lowest BCUT2D eigenvalue weighted by molar-refractivity contribution is -0.274. The molecular weight excluding hydrogens is 343 g/mol. The second kappa shape index (κ2) is 7.09. The number of aromatic nitrogens is 2. The quantitative estimate of drug-likeness (QED) is 0.834. The summed E-state index contributed by atoms with van der Waals surface area (Å²) < 4.78 is 50.8. The van der Waals surface area contributed by atoms with Gasteiger partial charge in [0.2, 0.25) is 12.3 Å². The second-order valence-electron chi connectivity index (χ2n) is 5.34. The van der Waals surface area contributed by atoms with E-state index in [0.29, 0.717) is 24.5 Å². The second-order valence-corrected chi connectivity index (χ2v) is 5.34. The van der Waals surface area contributed by atoms with E-state index in [1.807, 2.05) is 0 Å². The van der Waals surface area contributed by atoms with Crippen LogP contribution in [0.4, 0.5) is 13.2 Å². The first-order valence-corrected chi connectivity index (χ1v) is 7.40. The summed E-state index contributed by atoms with van der Waals surface area (Å²) in [6.07, 6.45) is -3.70. The van der Waals surface area contributed by atoms with Gasteiger partial charge in [0.15, 0.2) is 5.82 Å². The first-order chi connectivity index (χ1) is 11.9. The van der Waals surface area contributed by atoms with Crippen LogP contribution < -0.4 is 4.74 Å². The smallest absolute Gasteiger partial charge is 0.406 e. The first kappa shape index (κ1) is 17.2. The summed E-state index contributed by atoms with van der Waals surface area (Å²) in [6.45, 7) is 0.913. The monoisotopic (exact) mass is 357 g/mol. The van der Waals surface area contributed by atoms with Crippen LogP contribution in [0.2, 0.25) is 0 Å². The van der Waals surface area contributed by atoms with Crippen LogP contribution in [-0.4, -0.2) is 47.1 Å². The van der Waals surface area contributed by atoms with E-state index in [9.17, 15) is 18.0 Å². The van der Waals surface area contributed by atoms with Gasteiger partial charge in [0.25, 0.3) is 0 Å². The minimum atomic E-state index is -4.78. The Balaban J connectivity index is 1.71. The summed E-state index contributed by atoms with van der Waals surface area (Å²) in [7, 11) is 0. The minimum Gasteiger partial charge on any atom is -0.406 e. The largest absolute Gasteiger partial charge is 0.573 e. The number of benzene rings is 1. The molecule has 2 heterocycles. The summed E-state index contributed by atoms with van der Waals surface area (Å²) in [5.41, 5.74) is 0.408. The Morgan fingerprint density at radius 3 is 2.96 bits per heavy atom. The van der Waals surface area contributed by atoms with Crippen LogP contribution in [0.1, 0.15) is 17.4 Å². The summed E-state index contributed by atoms with van der Waals surface area (Å²) in [6, 6.07) is 4.84. The van der Waals surface area contributed by atoms with Crippen molar-refractivity contribution in [3.8, 4) is 5.75 Å². The van der Waals surface area contributed by atoms with Crippen LogP contribution in [0.5, 0.6) is 5.75 Å². The van der Waals surface area contributed by atoms with Crippen molar-refractivity contribution in [1.29, 1.82) is 0 Å². The van der Waals surface area contributed by atoms with E-state index in [1.54, 1.807) is 6.07 Å². The molecule has 1 saturated heterocycles. The molecule has 10 heteroatoms. The number of rotatable bonds is 4. The highest BCUT2D eigenvalue weighted by molar-refractivity contribution is 5.79. The normalized spacial score (nSPS) is 18.2. The summed E-state index contributed by atoms with van der Waals surface area (Å²) in [5.74, 6) is -0.320. The van der Waals surface area contributed by atoms with Crippen molar-refractivity contribution in [1.82, 2.24) is 15.0 Å². The maximum atomic E-state index is 12.6. The van der Waals surface area contributed by atoms with E-state index in [4.69, 9.17) is 9.26 Å². The topological polar surface area (TPSA) is 77.7 Å². The molecule has 2 aromatic rings. The van der Waals surface area contributed by atoms with Crippen molar-refractivity contribution < 1.29 is 32.0 Å². The molecule has 0 aliphatic carbocycles. The van der Waals surface area contributed by atoms with Gasteiger partial charge in [0.1, 0.15) is 11.8 Å². The van der Waals surface area contributed by atoms with Gasteiger partial charge in [0, 0.05) is 6.54 Å². The zero-order valence-electron chi connectivity index (χ0n) is 12.9. The average molecular weight is 357 g/mol. The van der Waals surface area contributed by atoms with Crippen LogP contribution in [-0.2, 0) is 16.0 Å². The zero-order valence-corrected chi connectivity index (χ0v) is 12.9. The number of hydrogen-bond donors (Lipinski definition) is 0. The molecule has 25 heavy (non-hydrogen) atoms. The first-order valence-electron chi connectivity index (χ1n) is 7.40. The summed E-state index contributed by atoms with van der Waals surface area (Å²) >= 11 is 0. The van der Waals surface area contributed by atoms with Gasteiger partial charge in [-0.15, -0.1) is 13.2 Å². The number of nitrogens with zero attached hydrogens (tertiary/aromatic N) is 3. The molecule has 1 amide bonds. The van der Waals surface area contributed by atoms with Crippen molar-refractivity contribution in [3.05, 3.63) is 42.0 Å². The fraction of sp³-hybridized carbons (Fsp3) is 0.400. The van der Waals surface area contributed by atoms with Gasteiger partial charge in [-0.05, 0) is 17.7 Å². The highest BCUT2D eigenvalue weighted by atomic mass is 19.4. The maximum Gasteiger partial charge on any atom is 0.573 e. The Bertz CT molecular complexity index is 721. The SMILES string of the molecule is O=C(Cc1cccc(OC(F)(F)F)c1)N1CCOCC1c1ncon1. The van der Waals surface area contributed by atoms with Gasteiger partial charge in [-0.1, -0.05) is 17.3 Å². The Labute approximate surface area is 140 Å². The van der Waals surface area contributed by atoms with Crippen molar-refractivity contribution in [2.24, 2.45) is 0 Å².